The zero-order chi connectivity index (χ0) is 23.7. The molecule has 0 unspecified atom stereocenters. The third-order valence-electron chi connectivity index (χ3n) is 6.18. The van der Waals surface area contributed by atoms with Crippen molar-refractivity contribution >= 4 is 23.5 Å². The number of ether oxygens (including phenoxy) is 1. The Morgan fingerprint density at radius 1 is 1.09 bits per heavy atom. The van der Waals surface area contributed by atoms with Crippen LogP contribution in [0.2, 0.25) is 0 Å². The van der Waals surface area contributed by atoms with Crippen molar-refractivity contribution in [3.8, 4) is 11.8 Å². The Kier molecular flexibility index (Phi) is 6.15. The molecular weight excluding hydrogens is 431 g/mol. The van der Waals surface area contributed by atoms with Crippen LogP contribution in [0.15, 0.2) is 52.6 Å². The number of amidine groups is 1. The molecule has 1 saturated heterocycles. The predicted octanol–water partition coefficient (Wildman–Crippen LogP) is 4.45. The molecule has 0 bridgehead atoms. The number of piperazine rings is 1. The van der Waals surface area contributed by atoms with Gasteiger partial charge in [0.1, 0.15) is 17.5 Å². The molecule has 0 spiro atoms. The summed E-state index contributed by atoms with van der Waals surface area (Å²) in [5.41, 5.74) is 4.27. The third-order valence-corrected chi connectivity index (χ3v) is 6.18. The van der Waals surface area contributed by atoms with Crippen molar-refractivity contribution in [3.05, 3.63) is 64.5 Å². The molecule has 8 heteroatoms. The van der Waals surface area contributed by atoms with Crippen molar-refractivity contribution in [3.63, 3.8) is 0 Å². The lowest BCUT2D eigenvalue weighted by Crippen LogP contribution is -2.44. The molecule has 1 aliphatic carbocycles. The molecule has 0 amide bonds. The van der Waals surface area contributed by atoms with E-state index in [1.165, 1.54) is 5.57 Å². The molecule has 3 heterocycles. The SMILES string of the molecule is C/C=C/C1=CC(Nc2cc(N3CCN(C)CC3)nc(Oc3cc4c(cc3F)CC(C)=C4)n2)=NC1. The van der Waals surface area contributed by atoms with E-state index >= 15 is 0 Å². The fraction of sp³-hybridized carbons (Fsp3) is 0.346. The normalized spacial score (nSPS) is 18.1. The highest BCUT2D eigenvalue weighted by molar-refractivity contribution is 6.05. The van der Waals surface area contributed by atoms with Gasteiger partial charge in [0, 0.05) is 32.2 Å². The average molecular weight is 461 g/mol. The molecule has 1 N–H and O–H groups in total. The summed E-state index contributed by atoms with van der Waals surface area (Å²) in [5.74, 6) is 1.75. The van der Waals surface area contributed by atoms with Gasteiger partial charge in [-0.05, 0) is 62.2 Å². The predicted molar refractivity (Wildman–Crippen MR) is 134 cm³/mol. The first kappa shape index (κ1) is 22.3. The van der Waals surface area contributed by atoms with Crippen molar-refractivity contribution in [2.24, 2.45) is 4.99 Å². The number of nitrogens with zero attached hydrogens (tertiary/aromatic N) is 5. The van der Waals surface area contributed by atoms with E-state index in [9.17, 15) is 4.39 Å². The summed E-state index contributed by atoms with van der Waals surface area (Å²) in [7, 11) is 2.11. The quantitative estimate of drug-likeness (QED) is 0.712. The summed E-state index contributed by atoms with van der Waals surface area (Å²) in [6, 6.07) is 5.27. The highest BCUT2D eigenvalue weighted by Crippen LogP contribution is 2.33. The lowest BCUT2D eigenvalue weighted by Gasteiger charge is -2.33. The van der Waals surface area contributed by atoms with Gasteiger partial charge >= 0.3 is 6.01 Å². The summed E-state index contributed by atoms with van der Waals surface area (Å²) in [6.07, 6.45) is 8.85. The van der Waals surface area contributed by atoms with Crippen molar-refractivity contribution in [2.45, 2.75) is 20.3 Å². The molecule has 0 radical (unpaired) electrons. The fourth-order valence-corrected chi connectivity index (χ4v) is 4.38. The van der Waals surface area contributed by atoms with E-state index in [0.717, 1.165) is 61.0 Å². The van der Waals surface area contributed by atoms with E-state index in [0.29, 0.717) is 12.4 Å². The lowest BCUT2D eigenvalue weighted by molar-refractivity contribution is 0.311. The van der Waals surface area contributed by atoms with E-state index in [2.05, 4.69) is 43.2 Å². The minimum atomic E-state index is -0.413. The Balaban J connectivity index is 1.45. The van der Waals surface area contributed by atoms with E-state index < -0.39 is 5.82 Å². The maximum atomic E-state index is 14.8. The van der Waals surface area contributed by atoms with Crippen LogP contribution in [0.4, 0.5) is 16.0 Å². The zero-order valence-corrected chi connectivity index (χ0v) is 19.8. The van der Waals surface area contributed by atoms with Crippen LogP contribution < -0.4 is 15.0 Å². The van der Waals surface area contributed by atoms with Crippen molar-refractivity contribution in [2.75, 3.05) is 50.0 Å². The molecule has 3 aliphatic rings. The number of anilines is 2. The van der Waals surface area contributed by atoms with Gasteiger partial charge in [0.2, 0.25) is 0 Å². The van der Waals surface area contributed by atoms with Gasteiger partial charge < -0.3 is 19.9 Å². The number of aliphatic imine (C=N–C) groups is 1. The molecule has 5 rings (SSSR count). The fourth-order valence-electron chi connectivity index (χ4n) is 4.38. The van der Waals surface area contributed by atoms with Crippen molar-refractivity contribution in [1.82, 2.24) is 14.9 Å². The molecule has 176 valence electrons. The Labute approximate surface area is 199 Å². The summed E-state index contributed by atoms with van der Waals surface area (Å²) >= 11 is 0. The molecule has 2 aliphatic heterocycles. The van der Waals surface area contributed by atoms with Gasteiger partial charge in [-0.15, -0.1) is 0 Å². The number of aromatic nitrogens is 2. The Morgan fingerprint density at radius 2 is 1.91 bits per heavy atom. The Morgan fingerprint density at radius 3 is 2.71 bits per heavy atom. The molecular formula is C26H29FN6O. The maximum absolute atomic E-state index is 14.8. The van der Waals surface area contributed by atoms with Gasteiger partial charge in [-0.1, -0.05) is 23.8 Å². The molecule has 7 nitrogen and oxygen atoms in total. The molecule has 1 aromatic carbocycles. The van der Waals surface area contributed by atoms with Crippen LogP contribution in [0.25, 0.3) is 6.08 Å². The van der Waals surface area contributed by atoms with Crippen LogP contribution in [0.1, 0.15) is 25.0 Å². The average Bonchev–Trinajstić information content (AvgIpc) is 3.39. The van der Waals surface area contributed by atoms with E-state index in [4.69, 9.17) is 4.74 Å². The number of nitrogens with one attached hydrogen (secondary N) is 1. The van der Waals surface area contributed by atoms with Gasteiger partial charge in [-0.2, -0.15) is 9.97 Å². The largest absolute Gasteiger partial charge is 0.421 e. The molecule has 0 atom stereocenters. The molecule has 1 fully saturated rings. The minimum Gasteiger partial charge on any atom is -0.421 e. The third kappa shape index (κ3) is 4.87. The number of halogens is 1. The maximum Gasteiger partial charge on any atom is 0.326 e. The molecule has 1 aromatic heterocycles. The number of rotatable bonds is 5. The molecule has 0 saturated carbocycles. The van der Waals surface area contributed by atoms with E-state index in [1.807, 2.05) is 38.1 Å². The van der Waals surface area contributed by atoms with Gasteiger partial charge in [-0.25, -0.2) is 4.39 Å². The van der Waals surface area contributed by atoms with Gasteiger partial charge in [-0.3, -0.25) is 4.99 Å². The first-order valence-corrected chi connectivity index (χ1v) is 11.6. The smallest absolute Gasteiger partial charge is 0.326 e. The van der Waals surface area contributed by atoms with Crippen LogP contribution in [-0.4, -0.2) is 60.5 Å². The number of allylic oxidation sites excluding steroid dienone is 2. The summed E-state index contributed by atoms with van der Waals surface area (Å²) < 4.78 is 20.7. The zero-order valence-electron chi connectivity index (χ0n) is 19.8. The second-order valence-electron chi connectivity index (χ2n) is 8.98. The second-order valence-corrected chi connectivity index (χ2v) is 8.98. The van der Waals surface area contributed by atoms with Gasteiger partial charge in [0.15, 0.2) is 11.6 Å². The minimum absolute atomic E-state index is 0.104. The van der Waals surface area contributed by atoms with Crippen LogP contribution >= 0.6 is 0 Å². The number of likely N-dealkylation sites (N-methyl/N-ethyl adjacent to an activating group) is 1. The summed E-state index contributed by atoms with van der Waals surface area (Å²) in [5, 5.41) is 3.27. The van der Waals surface area contributed by atoms with Crippen molar-refractivity contribution in [1.29, 1.82) is 0 Å². The number of benzene rings is 1. The summed E-state index contributed by atoms with van der Waals surface area (Å²) in [6.45, 7) is 8.22. The van der Waals surface area contributed by atoms with Gasteiger partial charge in [0.05, 0.1) is 6.54 Å². The van der Waals surface area contributed by atoms with E-state index in [-0.39, 0.29) is 11.8 Å². The number of hydrogen-bond donors (Lipinski definition) is 1. The molecule has 2 aromatic rings. The van der Waals surface area contributed by atoms with Crippen LogP contribution in [-0.2, 0) is 6.42 Å². The van der Waals surface area contributed by atoms with Gasteiger partial charge in [0.25, 0.3) is 0 Å². The highest BCUT2D eigenvalue weighted by Gasteiger charge is 2.20. The first-order valence-electron chi connectivity index (χ1n) is 11.6. The standard InChI is InChI=1S/C26H29FN6O/c1-4-5-18-12-23(28-16-18)29-24-15-25(33-8-6-32(3)7-9-33)31-26(30-24)34-22-14-20-11-17(2)10-19(20)13-21(22)27/h4-5,11-15H,6-10,16H2,1-3H3,(H,28,29,30,31)/b5-4+. The van der Waals surface area contributed by atoms with Crippen LogP contribution in [0.3, 0.4) is 0 Å². The number of hydrogen-bond acceptors (Lipinski definition) is 7. The molecule has 34 heavy (non-hydrogen) atoms. The Bertz CT molecular complexity index is 1220. The van der Waals surface area contributed by atoms with Crippen molar-refractivity contribution < 1.29 is 9.13 Å². The lowest BCUT2D eigenvalue weighted by atomic mass is 10.1. The van der Waals surface area contributed by atoms with E-state index in [1.54, 1.807) is 12.1 Å². The van der Waals surface area contributed by atoms with Crippen LogP contribution in [0.5, 0.6) is 11.8 Å². The number of fused-ring (bicyclic) bond motifs is 1. The van der Waals surface area contributed by atoms with Crippen LogP contribution in [0, 0.1) is 5.82 Å². The Hall–Kier alpha value is -3.52. The second kappa shape index (κ2) is 9.38. The summed E-state index contributed by atoms with van der Waals surface area (Å²) in [4.78, 5) is 18.2. The monoisotopic (exact) mass is 460 g/mol. The first-order chi connectivity index (χ1) is 16.5. The topological polar surface area (TPSA) is 65.9 Å². The highest BCUT2D eigenvalue weighted by atomic mass is 19.1.